The summed E-state index contributed by atoms with van der Waals surface area (Å²) in [7, 11) is 0. The van der Waals surface area contributed by atoms with E-state index in [0.717, 1.165) is 0 Å². The number of halogens is 1. The molecule has 0 aromatic heterocycles. The second kappa shape index (κ2) is 8.53. The molecule has 0 heterocycles. The Hall–Kier alpha value is -2.53. The predicted octanol–water partition coefficient (Wildman–Crippen LogP) is 4.56. The normalized spacial score (nSPS) is 10.4. The van der Waals surface area contributed by atoms with Crippen molar-refractivity contribution >= 4 is 29.2 Å². The van der Waals surface area contributed by atoms with E-state index >= 15 is 0 Å². The minimum atomic E-state index is -0.397. The minimum absolute atomic E-state index is 0.184. The first-order valence-corrected chi connectivity index (χ1v) is 8.33. The molecule has 0 atom stereocenters. The molecule has 0 aliphatic rings. The number of esters is 1. The van der Waals surface area contributed by atoms with Crippen LogP contribution in [-0.2, 0) is 4.74 Å². The summed E-state index contributed by atoms with van der Waals surface area (Å²) in [5.41, 5.74) is 1.41. The SMILES string of the molecule is CCOc1ccc(C(=O)Nc2ccc(C(=O)OC(C)C)cc2)cc1Cl. The maximum atomic E-state index is 12.3. The van der Waals surface area contributed by atoms with Crippen molar-refractivity contribution < 1.29 is 19.1 Å². The monoisotopic (exact) mass is 361 g/mol. The lowest BCUT2D eigenvalue weighted by Crippen LogP contribution is -2.13. The Balaban J connectivity index is 2.05. The molecule has 0 fully saturated rings. The molecule has 0 radical (unpaired) electrons. The molecule has 0 saturated carbocycles. The van der Waals surface area contributed by atoms with Crippen LogP contribution in [0.3, 0.4) is 0 Å². The van der Waals surface area contributed by atoms with Crippen molar-refractivity contribution in [3.05, 3.63) is 58.6 Å². The molecule has 132 valence electrons. The van der Waals surface area contributed by atoms with Crippen molar-refractivity contribution in [2.45, 2.75) is 26.9 Å². The van der Waals surface area contributed by atoms with Crippen LogP contribution in [0, 0.1) is 0 Å². The number of carbonyl (C=O) groups is 2. The second-order valence-electron chi connectivity index (χ2n) is 5.56. The van der Waals surface area contributed by atoms with Gasteiger partial charge in [-0.2, -0.15) is 0 Å². The summed E-state index contributed by atoms with van der Waals surface area (Å²) >= 11 is 6.10. The van der Waals surface area contributed by atoms with Crippen LogP contribution >= 0.6 is 11.6 Å². The molecule has 0 bridgehead atoms. The molecule has 0 aliphatic carbocycles. The average Bonchev–Trinajstić information content (AvgIpc) is 2.56. The molecule has 6 heteroatoms. The number of rotatable bonds is 6. The fourth-order valence-corrected chi connectivity index (χ4v) is 2.32. The van der Waals surface area contributed by atoms with Gasteiger partial charge in [0.15, 0.2) is 0 Å². The third-order valence-corrected chi connectivity index (χ3v) is 3.51. The van der Waals surface area contributed by atoms with E-state index < -0.39 is 5.97 Å². The maximum absolute atomic E-state index is 12.3. The van der Waals surface area contributed by atoms with Gasteiger partial charge in [-0.05, 0) is 63.2 Å². The molecule has 2 rings (SSSR count). The average molecular weight is 362 g/mol. The summed E-state index contributed by atoms with van der Waals surface area (Å²) in [6, 6.07) is 11.3. The molecule has 0 unspecified atom stereocenters. The van der Waals surface area contributed by atoms with E-state index in [1.54, 1.807) is 56.3 Å². The first-order chi connectivity index (χ1) is 11.9. The van der Waals surface area contributed by atoms with Gasteiger partial charge >= 0.3 is 5.97 Å². The number of nitrogens with one attached hydrogen (secondary N) is 1. The van der Waals surface area contributed by atoms with Gasteiger partial charge in [-0.25, -0.2) is 4.79 Å². The van der Waals surface area contributed by atoms with Gasteiger partial charge < -0.3 is 14.8 Å². The zero-order valence-corrected chi connectivity index (χ0v) is 15.1. The Labute approximate surface area is 151 Å². The van der Waals surface area contributed by atoms with Gasteiger partial charge in [0, 0.05) is 11.3 Å². The third kappa shape index (κ3) is 5.22. The molecule has 0 spiro atoms. The van der Waals surface area contributed by atoms with E-state index in [4.69, 9.17) is 21.1 Å². The molecular weight excluding hydrogens is 342 g/mol. The fraction of sp³-hybridized carbons (Fsp3) is 0.263. The van der Waals surface area contributed by atoms with Gasteiger partial charge in [0.2, 0.25) is 0 Å². The van der Waals surface area contributed by atoms with Crippen LogP contribution in [0.25, 0.3) is 0 Å². The molecular formula is C19H20ClNO4. The number of hydrogen-bond acceptors (Lipinski definition) is 4. The minimum Gasteiger partial charge on any atom is -0.492 e. The van der Waals surface area contributed by atoms with E-state index in [2.05, 4.69) is 5.32 Å². The van der Waals surface area contributed by atoms with Gasteiger partial charge in [-0.1, -0.05) is 11.6 Å². The van der Waals surface area contributed by atoms with Crippen LogP contribution < -0.4 is 10.1 Å². The van der Waals surface area contributed by atoms with Crippen LogP contribution in [0.2, 0.25) is 5.02 Å². The van der Waals surface area contributed by atoms with Crippen LogP contribution in [0.5, 0.6) is 5.75 Å². The number of hydrogen-bond donors (Lipinski definition) is 1. The molecule has 2 aromatic rings. The van der Waals surface area contributed by atoms with Gasteiger partial charge in [0.05, 0.1) is 23.3 Å². The summed E-state index contributed by atoms with van der Waals surface area (Å²) < 4.78 is 10.5. The Bertz CT molecular complexity index is 757. The lowest BCUT2D eigenvalue weighted by molar-refractivity contribution is 0.0378. The van der Waals surface area contributed by atoms with Crippen molar-refractivity contribution in [2.24, 2.45) is 0 Å². The van der Waals surface area contributed by atoms with Gasteiger partial charge in [0.1, 0.15) is 5.75 Å². The number of benzene rings is 2. The highest BCUT2D eigenvalue weighted by molar-refractivity contribution is 6.32. The Kier molecular flexibility index (Phi) is 6.42. The second-order valence-corrected chi connectivity index (χ2v) is 5.97. The summed E-state index contributed by atoms with van der Waals surface area (Å²) in [6.45, 7) is 5.93. The highest BCUT2D eigenvalue weighted by Gasteiger charge is 2.12. The third-order valence-electron chi connectivity index (χ3n) is 3.22. The molecule has 5 nitrogen and oxygen atoms in total. The fourth-order valence-electron chi connectivity index (χ4n) is 2.09. The largest absolute Gasteiger partial charge is 0.492 e. The first kappa shape index (κ1) is 18.8. The zero-order chi connectivity index (χ0) is 18.4. The number of carbonyl (C=O) groups excluding carboxylic acids is 2. The Morgan fingerprint density at radius 2 is 1.72 bits per heavy atom. The Morgan fingerprint density at radius 1 is 1.08 bits per heavy atom. The zero-order valence-electron chi connectivity index (χ0n) is 14.3. The molecule has 1 amide bonds. The summed E-state index contributed by atoms with van der Waals surface area (Å²) in [5.74, 6) is -0.164. The van der Waals surface area contributed by atoms with E-state index in [9.17, 15) is 9.59 Å². The van der Waals surface area contributed by atoms with Crippen molar-refractivity contribution in [1.29, 1.82) is 0 Å². The van der Waals surface area contributed by atoms with Gasteiger partial charge in [-0.3, -0.25) is 4.79 Å². The van der Waals surface area contributed by atoms with Crippen LogP contribution in [0.15, 0.2) is 42.5 Å². The maximum Gasteiger partial charge on any atom is 0.338 e. The predicted molar refractivity (Wildman–Crippen MR) is 97.6 cm³/mol. The van der Waals surface area contributed by atoms with E-state index in [1.165, 1.54) is 0 Å². The quantitative estimate of drug-likeness (QED) is 0.766. The topological polar surface area (TPSA) is 64.6 Å². The number of ether oxygens (including phenoxy) is 2. The lowest BCUT2D eigenvalue weighted by Gasteiger charge is -2.10. The standard InChI is InChI=1S/C19H20ClNO4/c1-4-24-17-10-7-14(11-16(17)20)18(22)21-15-8-5-13(6-9-15)19(23)25-12(2)3/h5-12H,4H2,1-3H3,(H,21,22). The number of anilines is 1. The molecule has 0 aliphatic heterocycles. The smallest absolute Gasteiger partial charge is 0.338 e. The van der Waals surface area contributed by atoms with E-state index in [-0.39, 0.29) is 12.0 Å². The summed E-state index contributed by atoms with van der Waals surface area (Å²) in [4.78, 5) is 24.1. The van der Waals surface area contributed by atoms with Gasteiger partial charge in [0.25, 0.3) is 5.91 Å². The molecule has 0 saturated heterocycles. The Morgan fingerprint density at radius 3 is 2.28 bits per heavy atom. The van der Waals surface area contributed by atoms with Crippen molar-refractivity contribution in [2.75, 3.05) is 11.9 Å². The number of amides is 1. The van der Waals surface area contributed by atoms with E-state index in [1.807, 2.05) is 6.92 Å². The van der Waals surface area contributed by atoms with Crippen molar-refractivity contribution in [1.82, 2.24) is 0 Å². The van der Waals surface area contributed by atoms with Crippen LogP contribution in [-0.4, -0.2) is 24.6 Å². The van der Waals surface area contributed by atoms with Crippen molar-refractivity contribution in [3.63, 3.8) is 0 Å². The van der Waals surface area contributed by atoms with E-state index in [0.29, 0.717) is 34.2 Å². The first-order valence-electron chi connectivity index (χ1n) is 7.95. The summed E-state index contributed by atoms with van der Waals surface area (Å²) in [5, 5.41) is 3.13. The highest BCUT2D eigenvalue weighted by atomic mass is 35.5. The molecule has 1 N–H and O–H groups in total. The van der Waals surface area contributed by atoms with Gasteiger partial charge in [-0.15, -0.1) is 0 Å². The van der Waals surface area contributed by atoms with Crippen LogP contribution in [0.1, 0.15) is 41.5 Å². The molecule has 25 heavy (non-hydrogen) atoms. The molecule has 2 aromatic carbocycles. The van der Waals surface area contributed by atoms with Crippen LogP contribution in [0.4, 0.5) is 5.69 Å². The lowest BCUT2D eigenvalue weighted by atomic mass is 10.1. The summed E-state index contributed by atoms with van der Waals surface area (Å²) in [6.07, 6.45) is -0.184. The van der Waals surface area contributed by atoms with Crippen molar-refractivity contribution in [3.8, 4) is 5.75 Å². The highest BCUT2D eigenvalue weighted by Crippen LogP contribution is 2.26.